The number of halogens is 2. The number of hydrogen-bond donors (Lipinski definition) is 1. The summed E-state index contributed by atoms with van der Waals surface area (Å²) in [6, 6.07) is 14.3. The topological polar surface area (TPSA) is 29.1 Å². The van der Waals surface area contributed by atoms with E-state index in [-0.39, 0.29) is 5.91 Å². The zero-order chi connectivity index (χ0) is 13.7. The predicted octanol–water partition coefficient (Wildman–Crippen LogP) is 4.65. The number of benzene rings is 2. The SMILES string of the molecule is O=C(/C=C/c1cccc(Cl)c1)Nc1cccc(Cl)c1. The highest BCUT2D eigenvalue weighted by Crippen LogP contribution is 2.15. The highest BCUT2D eigenvalue weighted by molar-refractivity contribution is 6.31. The van der Waals surface area contributed by atoms with Crippen LogP contribution in [-0.2, 0) is 4.79 Å². The van der Waals surface area contributed by atoms with Gasteiger partial charge in [0.1, 0.15) is 0 Å². The number of anilines is 1. The van der Waals surface area contributed by atoms with Crippen molar-refractivity contribution in [3.63, 3.8) is 0 Å². The van der Waals surface area contributed by atoms with Gasteiger partial charge in [-0.1, -0.05) is 41.4 Å². The molecule has 4 heteroatoms. The molecular formula is C15H11Cl2NO. The summed E-state index contributed by atoms with van der Waals surface area (Å²) >= 11 is 11.7. The van der Waals surface area contributed by atoms with Gasteiger partial charge in [0.25, 0.3) is 0 Å². The first-order valence-corrected chi connectivity index (χ1v) is 6.39. The first kappa shape index (κ1) is 13.7. The maximum atomic E-state index is 11.7. The summed E-state index contributed by atoms with van der Waals surface area (Å²) in [7, 11) is 0. The first-order valence-electron chi connectivity index (χ1n) is 5.64. The zero-order valence-corrected chi connectivity index (χ0v) is 11.4. The second-order valence-electron chi connectivity index (χ2n) is 3.89. The number of nitrogens with one attached hydrogen (secondary N) is 1. The van der Waals surface area contributed by atoms with E-state index >= 15 is 0 Å². The Labute approximate surface area is 121 Å². The fourth-order valence-electron chi connectivity index (χ4n) is 1.53. The summed E-state index contributed by atoms with van der Waals surface area (Å²) < 4.78 is 0. The number of rotatable bonds is 3. The molecule has 0 aliphatic heterocycles. The largest absolute Gasteiger partial charge is 0.322 e. The Morgan fingerprint density at radius 2 is 1.68 bits per heavy atom. The third-order valence-electron chi connectivity index (χ3n) is 2.37. The quantitative estimate of drug-likeness (QED) is 0.820. The summed E-state index contributed by atoms with van der Waals surface area (Å²) in [5, 5.41) is 3.94. The van der Waals surface area contributed by atoms with Crippen LogP contribution in [-0.4, -0.2) is 5.91 Å². The van der Waals surface area contributed by atoms with Crippen LogP contribution in [0.1, 0.15) is 5.56 Å². The summed E-state index contributed by atoms with van der Waals surface area (Å²) in [6.07, 6.45) is 3.15. The second kappa shape index (κ2) is 6.41. The molecule has 0 spiro atoms. The van der Waals surface area contributed by atoms with Crippen LogP contribution in [0.25, 0.3) is 6.08 Å². The van der Waals surface area contributed by atoms with E-state index < -0.39 is 0 Å². The van der Waals surface area contributed by atoms with Crippen molar-refractivity contribution in [2.75, 3.05) is 5.32 Å². The Kier molecular flexibility index (Phi) is 4.61. The van der Waals surface area contributed by atoms with Gasteiger partial charge < -0.3 is 5.32 Å². The lowest BCUT2D eigenvalue weighted by Gasteiger charge is -2.02. The smallest absolute Gasteiger partial charge is 0.248 e. The minimum atomic E-state index is -0.220. The highest BCUT2D eigenvalue weighted by Gasteiger charge is 1.98. The minimum absolute atomic E-state index is 0.220. The van der Waals surface area contributed by atoms with Gasteiger partial charge in [0.05, 0.1) is 0 Å². The van der Waals surface area contributed by atoms with Crippen LogP contribution in [0.2, 0.25) is 10.0 Å². The molecule has 0 saturated carbocycles. The number of amides is 1. The normalized spacial score (nSPS) is 10.6. The molecule has 0 aromatic heterocycles. The summed E-state index contributed by atoms with van der Waals surface area (Å²) in [5.74, 6) is -0.220. The van der Waals surface area contributed by atoms with Crippen LogP contribution in [0.4, 0.5) is 5.69 Å². The van der Waals surface area contributed by atoms with Crippen molar-refractivity contribution in [2.24, 2.45) is 0 Å². The summed E-state index contributed by atoms with van der Waals surface area (Å²) in [6.45, 7) is 0. The molecule has 0 atom stereocenters. The average Bonchev–Trinajstić information content (AvgIpc) is 2.36. The van der Waals surface area contributed by atoms with Gasteiger partial charge in [0, 0.05) is 21.8 Å². The molecule has 0 saturated heterocycles. The van der Waals surface area contributed by atoms with Gasteiger partial charge in [0.2, 0.25) is 5.91 Å². The summed E-state index contributed by atoms with van der Waals surface area (Å²) in [5.41, 5.74) is 1.53. The molecule has 2 aromatic carbocycles. The van der Waals surface area contributed by atoms with E-state index in [1.807, 2.05) is 12.1 Å². The van der Waals surface area contributed by atoms with Crippen molar-refractivity contribution in [2.45, 2.75) is 0 Å². The van der Waals surface area contributed by atoms with Gasteiger partial charge in [-0.2, -0.15) is 0 Å². The molecule has 2 rings (SSSR count). The van der Waals surface area contributed by atoms with Crippen molar-refractivity contribution in [1.82, 2.24) is 0 Å². The predicted molar refractivity (Wildman–Crippen MR) is 80.6 cm³/mol. The Morgan fingerprint density at radius 1 is 1.00 bits per heavy atom. The number of carbonyl (C=O) groups is 1. The highest BCUT2D eigenvalue weighted by atomic mass is 35.5. The molecule has 19 heavy (non-hydrogen) atoms. The molecule has 0 aliphatic carbocycles. The van der Waals surface area contributed by atoms with Gasteiger partial charge in [0.15, 0.2) is 0 Å². The molecule has 0 bridgehead atoms. The lowest BCUT2D eigenvalue weighted by atomic mass is 10.2. The van der Waals surface area contributed by atoms with Crippen LogP contribution in [0.5, 0.6) is 0 Å². The first-order chi connectivity index (χ1) is 9.13. The van der Waals surface area contributed by atoms with E-state index in [9.17, 15) is 4.79 Å². The minimum Gasteiger partial charge on any atom is -0.322 e. The van der Waals surface area contributed by atoms with Crippen molar-refractivity contribution in [1.29, 1.82) is 0 Å². The molecule has 1 N–H and O–H groups in total. The number of carbonyl (C=O) groups excluding carboxylic acids is 1. The van der Waals surface area contributed by atoms with Gasteiger partial charge in [-0.15, -0.1) is 0 Å². The molecule has 2 nitrogen and oxygen atoms in total. The lowest BCUT2D eigenvalue weighted by Crippen LogP contribution is -2.07. The lowest BCUT2D eigenvalue weighted by molar-refractivity contribution is -0.111. The Balaban J connectivity index is 2.01. The molecule has 0 unspecified atom stereocenters. The van der Waals surface area contributed by atoms with E-state index in [2.05, 4.69) is 5.32 Å². The molecule has 1 amide bonds. The average molecular weight is 292 g/mol. The third-order valence-corrected chi connectivity index (χ3v) is 2.84. The van der Waals surface area contributed by atoms with Gasteiger partial charge >= 0.3 is 0 Å². The van der Waals surface area contributed by atoms with Crippen LogP contribution >= 0.6 is 23.2 Å². The maximum absolute atomic E-state index is 11.7. The van der Waals surface area contributed by atoms with Crippen LogP contribution < -0.4 is 5.32 Å². The van der Waals surface area contributed by atoms with Gasteiger partial charge in [-0.25, -0.2) is 0 Å². The van der Waals surface area contributed by atoms with E-state index in [0.717, 1.165) is 5.56 Å². The maximum Gasteiger partial charge on any atom is 0.248 e. The monoisotopic (exact) mass is 291 g/mol. The van der Waals surface area contributed by atoms with Crippen molar-refractivity contribution < 1.29 is 4.79 Å². The molecule has 0 aliphatic rings. The molecule has 0 fully saturated rings. The Bertz CT molecular complexity index is 623. The van der Waals surface area contributed by atoms with Crippen LogP contribution in [0.3, 0.4) is 0 Å². The fraction of sp³-hybridized carbons (Fsp3) is 0. The molecule has 2 aromatic rings. The van der Waals surface area contributed by atoms with E-state index in [1.54, 1.807) is 42.5 Å². The van der Waals surface area contributed by atoms with E-state index in [0.29, 0.717) is 15.7 Å². The van der Waals surface area contributed by atoms with E-state index in [1.165, 1.54) is 6.08 Å². The van der Waals surface area contributed by atoms with Crippen molar-refractivity contribution >= 4 is 40.9 Å². The Morgan fingerprint density at radius 3 is 2.37 bits per heavy atom. The second-order valence-corrected chi connectivity index (χ2v) is 4.76. The van der Waals surface area contributed by atoms with Crippen molar-refractivity contribution in [3.8, 4) is 0 Å². The number of hydrogen-bond acceptors (Lipinski definition) is 1. The fourth-order valence-corrected chi connectivity index (χ4v) is 1.92. The standard InChI is InChI=1S/C15H11Cl2NO/c16-12-4-1-3-11(9-12)7-8-15(19)18-14-6-2-5-13(17)10-14/h1-10H,(H,18,19)/b8-7+. The molecule has 0 heterocycles. The molecular weight excluding hydrogens is 281 g/mol. The van der Waals surface area contributed by atoms with Crippen LogP contribution in [0.15, 0.2) is 54.6 Å². The van der Waals surface area contributed by atoms with Crippen molar-refractivity contribution in [3.05, 3.63) is 70.2 Å². The zero-order valence-electron chi connectivity index (χ0n) is 9.94. The Hall–Kier alpha value is -1.77. The van der Waals surface area contributed by atoms with Gasteiger partial charge in [-0.05, 0) is 42.0 Å². The van der Waals surface area contributed by atoms with Gasteiger partial charge in [-0.3, -0.25) is 4.79 Å². The summed E-state index contributed by atoms with van der Waals surface area (Å²) in [4.78, 5) is 11.7. The third kappa shape index (κ3) is 4.43. The van der Waals surface area contributed by atoms with E-state index in [4.69, 9.17) is 23.2 Å². The molecule has 0 radical (unpaired) electrons. The van der Waals surface area contributed by atoms with Crippen LogP contribution in [0, 0.1) is 0 Å². The molecule has 96 valence electrons.